The van der Waals surface area contributed by atoms with Crippen LogP contribution in [0.2, 0.25) is 0 Å². The first-order chi connectivity index (χ1) is 6.68. The van der Waals surface area contributed by atoms with E-state index in [1.165, 1.54) is 12.0 Å². The van der Waals surface area contributed by atoms with Gasteiger partial charge in [0.1, 0.15) is 0 Å². The van der Waals surface area contributed by atoms with Crippen LogP contribution in [0.4, 0.5) is 0 Å². The van der Waals surface area contributed by atoms with Gasteiger partial charge in [-0.25, -0.2) is 0 Å². The summed E-state index contributed by atoms with van der Waals surface area (Å²) in [5.41, 5.74) is 7.32. The molecule has 1 rings (SSSR count). The van der Waals surface area contributed by atoms with Crippen LogP contribution in [0, 0.1) is 5.92 Å². The summed E-state index contributed by atoms with van der Waals surface area (Å²) in [5.74, 6) is 0.749. The lowest BCUT2D eigenvalue weighted by Crippen LogP contribution is -2.23. The highest BCUT2D eigenvalue weighted by molar-refractivity contribution is 5.10. The first-order valence-electron chi connectivity index (χ1n) is 5.33. The van der Waals surface area contributed by atoms with E-state index in [1.807, 2.05) is 24.5 Å². The zero-order valence-corrected chi connectivity index (χ0v) is 9.11. The molecule has 0 saturated carbocycles. The minimum atomic E-state index is 0.291. The van der Waals surface area contributed by atoms with Crippen molar-refractivity contribution in [1.29, 1.82) is 0 Å². The molecule has 1 aromatic rings. The van der Waals surface area contributed by atoms with Crippen molar-refractivity contribution in [2.45, 2.75) is 39.2 Å². The normalized spacial score (nSPS) is 13.1. The van der Waals surface area contributed by atoms with Gasteiger partial charge in [-0.1, -0.05) is 13.8 Å². The molecule has 0 radical (unpaired) electrons. The Hall–Kier alpha value is -0.890. The van der Waals surface area contributed by atoms with E-state index >= 15 is 0 Å². The third kappa shape index (κ3) is 4.38. The molecule has 14 heavy (non-hydrogen) atoms. The van der Waals surface area contributed by atoms with Crippen LogP contribution < -0.4 is 5.73 Å². The van der Waals surface area contributed by atoms with Gasteiger partial charge in [0.25, 0.3) is 0 Å². The quantitative estimate of drug-likeness (QED) is 0.778. The molecule has 0 fully saturated rings. The second-order valence-corrected chi connectivity index (χ2v) is 4.29. The monoisotopic (exact) mass is 192 g/mol. The van der Waals surface area contributed by atoms with E-state index in [0.29, 0.717) is 6.04 Å². The fourth-order valence-corrected chi connectivity index (χ4v) is 1.47. The van der Waals surface area contributed by atoms with Crippen molar-refractivity contribution in [3.8, 4) is 0 Å². The third-order valence-electron chi connectivity index (χ3n) is 2.36. The predicted molar refractivity (Wildman–Crippen MR) is 60.0 cm³/mol. The molecule has 0 aliphatic rings. The Bertz CT molecular complexity index is 244. The highest BCUT2D eigenvalue weighted by Crippen LogP contribution is 2.09. The van der Waals surface area contributed by atoms with E-state index in [1.54, 1.807) is 0 Å². The fourth-order valence-electron chi connectivity index (χ4n) is 1.47. The third-order valence-corrected chi connectivity index (χ3v) is 2.36. The molecule has 2 N–H and O–H groups in total. The molecule has 1 heterocycles. The van der Waals surface area contributed by atoms with Crippen molar-refractivity contribution in [1.82, 2.24) is 4.98 Å². The summed E-state index contributed by atoms with van der Waals surface area (Å²) in [6.45, 7) is 4.47. The van der Waals surface area contributed by atoms with E-state index in [-0.39, 0.29) is 0 Å². The second kappa shape index (κ2) is 5.76. The maximum atomic E-state index is 6.03. The summed E-state index contributed by atoms with van der Waals surface area (Å²) in [5, 5.41) is 0. The number of hydrogen-bond acceptors (Lipinski definition) is 2. The number of nitrogens with zero attached hydrogens (tertiary/aromatic N) is 1. The molecule has 0 amide bonds. The zero-order valence-electron chi connectivity index (χ0n) is 9.11. The lowest BCUT2D eigenvalue weighted by atomic mass is 9.99. The summed E-state index contributed by atoms with van der Waals surface area (Å²) in [6, 6.07) is 4.37. The fraction of sp³-hybridized carbons (Fsp3) is 0.583. The lowest BCUT2D eigenvalue weighted by Gasteiger charge is -2.12. The molecule has 0 saturated heterocycles. The van der Waals surface area contributed by atoms with Crippen LogP contribution in [0.15, 0.2) is 24.5 Å². The lowest BCUT2D eigenvalue weighted by molar-refractivity contribution is 0.494. The SMILES string of the molecule is CC(C)CCC(N)Cc1ccncc1. The van der Waals surface area contributed by atoms with Gasteiger partial charge >= 0.3 is 0 Å². The topological polar surface area (TPSA) is 38.9 Å². The molecule has 78 valence electrons. The molecular formula is C12H20N2. The van der Waals surface area contributed by atoms with Crippen molar-refractivity contribution in [2.75, 3.05) is 0 Å². The Morgan fingerprint density at radius 2 is 1.86 bits per heavy atom. The van der Waals surface area contributed by atoms with Gasteiger partial charge in [0, 0.05) is 18.4 Å². The van der Waals surface area contributed by atoms with Gasteiger partial charge in [0.15, 0.2) is 0 Å². The van der Waals surface area contributed by atoms with E-state index < -0.39 is 0 Å². The van der Waals surface area contributed by atoms with Gasteiger partial charge in [-0.15, -0.1) is 0 Å². The Kier molecular flexibility index (Phi) is 4.60. The van der Waals surface area contributed by atoms with E-state index in [4.69, 9.17) is 5.73 Å². The van der Waals surface area contributed by atoms with Crippen LogP contribution in [0.3, 0.4) is 0 Å². The van der Waals surface area contributed by atoms with Crippen LogP contribution in [0.5, 0.6) is 0 Å². The molecule has 0 spiro atoms. The first-order valence-corrected chi connectivity index (χ1v) is 5.33. The number of aromatic nitrogens is 1. The smallest absolute Gasteiger partial charge is 0.0270 e. The minimum absolute atomic E-state index is 0.291. The highest BCUT2D eigenvalue weighted by atomic mass is 14.6. The van der Waals surface area contributed by atoms with E-state index in [2.05, 4.69) is 18.8 Å². The van der Waals surface area contributed by atoms with Gasteiger partial charge < -0.3 is 5.73 Å². The van der Waals surface area contributed by atoms with Gasteiger partial charge in [-0.3, -0.25) is 4.98 Å². The Labute approximate surface area is 86.5 Å². The molecular weight excluding hydrogens is 172 g/mol. The average molecular weight is 192 g/mol. The number of hydrogen-bond donors (Lipinski definition) is 1. The van der Waals surface area contributed by atoms with Crippen LogP contribution in [0.25, 0.3) is 0 Å². The number of nitrogens with two attached hydrogens (primary N) is 1. The second-order valence-electron chi connectivity index (χ2n) is 4.29. The Morgan fingerprint density at radius 1 is 1.21 bits per heavy atom. The molecule has 1 atom stereocenters. The van der Waals surface area contributed by atoms with Gasteiger partial charge in [-0.05, 0) is 42.9 Å². The van der Waals surface area contributed by atoms with Crippen molar-refractivity contribution in [2.24, 2.45) is 11.7 Å². The maximum Gasteiger partial charge on any atom is 0.0270 e. The molecule has 2 nitrogen and oxygen atoms in total. The summed E-state index contributed by atoms with van der Waals surface area (Å²) in [7, 11) is 0. The van der Waals surface area contributed by atoms with E-state index in [0.717, 1.165) is 18.8 Å². The average Bonchev–Trinajstić information content (AvgIpc) is 2.16. The van der Waals surface area contributed by atoms with Gasteiger partial charge in [0.05, 0.1) is 0 Å². The molecule has 1 unspecified atom stereocenters. The van der Waals surface area contributed by atoms with Crippen molar-refractivity contribution >= 4 is 0 Å². The molecule has 1 aromatic heterocycles. The molecule has 0 aromatic carbocycles. The van der Waals surface area contributed by atoms with Crippen LogP contribution in [-0.4, -0.2) is 11.0 Å². The minimum Gasteiger partial charge on any atom is -0.327 e. The van der Waals surface area contributed by atoms with E-state index in [9.17, 15) is 0 Å². The van der Waals surface area contributed by atoms with Gasteiger partial charge in [0.2, 0.25) is 0 Å². The van der Waals surface area contributed by atoms with Crippen molar-refractivity contribution < 1.29 is 0 Å². The molecule has 0 aliphatic heterocycles. The molecule has 2 heteroatoms. The molecule has 0 aliphatic carbocycles. The van der Waals surface area contributed by atoms with Crippen molar-refractivity contribution in [3.63, 3.8) is 0 Å². The van der Waals surface area contributed by atoms with Crippen LogP contribution in [0.1, 0.15) is 32.3 Å². The summed E-state index contributed by atoms with van der Waals surface area (Å²) in [6.07, 6.45) is 6.94. The summed E-state index contributed by atoms with van der Waals surface area (Å²) >= 11 is 0. The van der Waals surface area contributed by atoms with Crippen molar-refractivity contribution in [3.05, 3.63) is 30.1 Å². The maximum absolute atomic E-state index is 6.03. The largest absolute Gasteiger partial charge is 0.327 e. The highest BCUT2D eigenvalue weighted by Gasteiger charge is 2.04. The number of rotatable bonds is 5. The summed E-state index contributed by atoms with van der Waals surface area (Å²) < 4.78 is 0. The first kappa shape index (κ1) is 11.2. The predicted octanol–water partition coefficient (Wildman–Crippen LogP) is 2.39. The number of pyridine rings is 1. The zero-order chi connectivity index (χ0) is 10.4. The Balaban J connectivity index is 2.30. The standard InChI is InChI=1S/C12H20N2/c1-10(2)3-4-12(13)9-11-5-7-14-8-6-11/h5-8,10,12H,3-4,9,13H2,1-2H3. The molecule has 0 bridgehead atoms. The van der Waals surface area contributed by atoms with Crippen LogP contribution >= 0.6 is 0 Å². The van der Waals surface area contributed by atoms with Crippen LogP contribution in [-0.2, 0) is 6.42 Å². The summed E-state index contributed by atoms with van der Waals surface area (Å²) in [4.78, 5) is 3.99. The Morgan fingerprint density at radius 3 is 2.43 bits per heavy atom. The van der Waals surface area contributed by atoms with Gasteiger partial charge in [-0.2, -0.15) is 0 Å².